The molecule has 1 unspecified atom stereocenters. The first-order valence-electron chi connectivity index (χ1n) is 6.00. The third-order valence-electron chi connectivity index (χ3n) is 2.72. The number of hydrogen-bond donors (Lipinski definition) is 1. The normalized spacial score (nSPS) is 13.2. The maximum Gasteiger partial charge on any atom is 0.573 e. The summed E-state index contributed by atoms with van der Waals surface area (Å²) in [5.41, 5.74) is 0.373. The Balaban J connectivity index is 1.99. The first kappa shape index (κ1) is 14.5. The van der Waals surface area contributed by atoms with Gasteiger partial charge in [0.15, 0.2) is 0 Å². The molecule has 0 saturated heterocycles. The minimum absolute atomic E-state index is 0.341. The Hall–Kier alpha value is -1.95. The van der Waals surface area contributed by atoms with Gasteiger partial charge in [0.2, 0.25) is 0 Å². The van der Waals surface area contributed by atoms with E-state index in [2.05, 4.69) is 4.74 Å². The van der Waals surface area contributed by atoms with Gasteiger partial charge in [-0.3, -0.25) is 0 Å². The number of ether oxygens (including phenoxy) is 1. The van der Waals surface area contributed by atoms with Crippen molar-refractivity contribution in [3.63, 3.8) is 0 Å². The second-order valence-corrected chi connectivity index (χ2v) is 4.25. The van der Waals surface area contributed by atoms with Crippen LogP contribution in [0.1, 0.15) is 23.8 Å². The molecule has 6 heteroatoms. The van der Waals surface area contributed by atoms with E-state index < -0.39 is 12.5 Å². The zero-order valence-electron chi connectivity index (χ0n) is 10.4. The molecule has 2 aromatic rings. The molecule has 1 N–H and O–H groups in total. The summed E-state index contributed by atoms with van der Waals surface area (Å²) in [6, 6.07) is 8.84. The third kappa shape index (κ3) is 4.31. The molecule has 0 aliphatic carbocycles. The van der Waals surface area contributed by atoms with Crippen LogP contribution in [0.15, 0.2) is 47.1 Å². The minimum Gasteiger partial charge on any atom is -0.469 e. The maximum absolute atomic E-state index is 12.1. The van der Waals surface area contributed by atoms with Crippen LogP contribution in [0.3, 0.4) is 0 Å². The van der Waals surface area contributed by atoms with Crippen LogP contribution in [0.25, 0.3) is 0 Å². The number of benzene rings is 1. The van der Waals surface area contributed by atoms with Crippen molar-refractivity contribution < 1.29 is 27.4 Å². The number of halogens is 3. The van der Waals surface area contributed by atoms with Gasteiger partial charge in [-0.15, -0.1) is 13.2 Å². The Kier molecular flexibility index (Phi) is 4.34. The van der Waals surface area contributed by atoms with Crippen LogP contribution >= 0.6 is 0 Å². The lowest BCUT2D eigenvalue weighted by Crippen LogP contribution is -2.17. The average Bonchev–Trinajstić information content (AvgIpc) is 2.87. The van der Waals surface area contributed by atoms with Gasteiger partial charge in [-0.05, 0) is 36.2 Å². The molecule has 1 aromatic heterocycles. The Morgan fingerprint density at radius 1 is 1.20 bits per heavy atom. The summed E-state index contributed by atoms with van der Waals surface area (Å²) in [4.78, 5) is 0. The Labute approximate surface area is 113 Å². The summed E-state index contributed by atoms with van der Waals surface area (Å²) in [7, 11) is 0. The van der Waals surface area contributed by atoms with Crippen molar-refractivity contribution in [3.05, 3.63) is 54.0 Å². The van der Waals surface area contributed by atoms with Gasteiger partial charge < -0.3 is 14.3 Å². The molecule has 2 rings (SSSR count). The van der Waals surface area contributed by atoms with Gasteiger partial charge >= 0.3 is 6.36 Å². The van der Waals surface area contributed by atoms with Gasteiger partial charge in [-0.1, -0.05) is 12.1 Å². The molecule has 0 bridgehead atoms. The summed E-state index contributed by atoms with van der Waals surface area (Å²) in [6.07, 6.45) is -3.24. The molecule has 0 radical (unpaired) electrons. The molecular formula is C14H13F3O3. The molecule has 0 fully saturated rings. The van der Waals surface area contributed by atoms with Crippen molar-refractivity contribution >= 4 is 0 Å². The highest BCUT2D eigenvalue weighted by atomic mass is 19.4. The van der Waals surface area contributed by atoms with Crippen LogP contribution in [0.5, 0.6) is 5.75 Å². The van der Waals surface area contributed by atoms with E-state index >= 15 is 0 Å². The van der Waals surface area contributed by atoms with E-state index in [1.165, 1.54) is 24.5 Å². The number of furan rings is 1. The van der Waals surface area contributed by atoms with E-state index in [1.54, 1.807) is 18.2 Å². The summed E-state index contributed by atoms with van der Waals surface area (Å²) in [6.45, 7) is 0. The van der Waals surface area contributed by atoms with Gasteiger partial charge in [-0.2, -0.15) is 0 Å². The van der Waals surface area contributed by atoms with Crippen molar-refractivity contribution in [2.75, 3.05) is 0 Å². The summed E-state index contributed by atoms with van der Waals surface area (Å²) < 4.78 is 45.3. The lowest BCUT2D eigenvalue weighted by Gasteiger charge is -2.13. The van der Waals surface area contributed by atoms with Gasteiger partial charge in [0.05, 0.1) is 12.4 Å². The van der Waals surface area contributed by atoms with Crippen molar-refractivity contribution in [1.29, 1.82) is 0 Å². The fraction of sp³-hybridized carbons (Fsp3) is 0.286. The summed E-state index contributed by atoms with van der Waals surface area (Å²) in [5, 5.41) is 9.96. The Morgan fingerprint density at radius 3 is 2.65 bits per heavy atom. The second kappa shape index (κ2) is 6.00. The molecule has 0 aliphatic rings. The van der Waals surface area contributed by atoms with Crippen molar-refractivity contribution in [2.45, 2.75) is 25.3 Å². The highest BCUT2D eigenvalue weighted by molar-refractivity contribution is 5.30. The molecule has 1 aromatic carbocycles. The third-order valence-corrected chi connectivity index (χ3v) is 2.72. The fourth-order valence-electron chi connectivity index (χ4n) is 1.82. The van der Waals surface area contributed by atoms with E-state index in [-0.39, 0.29) is 5.75 Å². The van der Waals surface area contributed by atoms with Crippen LogP contribution in [-0.2, 0) is 6.42 Å². The molecule has 0 amide bonds. The molecule has 108 valence electrons. The zero-order chi connectivity index (χ0) is 14.6. The lowest BCUT2D eigenvalue weighted by molar-refractivity contribution is -0.274. The lowest BCUT2D eigenvalue weighted by atomic mass is 10.0. The molecule has 0 aliphatic heterocycles. The predicted molar refractivity (Wildman–Crippen MR) is 65.1 cm³/mol. The van der Waals surface area contributed by atoms with Gasteiger partial charge in [0.1, 0.15) is 11.5 Å². The summed E-state index contributed by atoms with van der Waals surface area (Å²) in [5.74, 6) is 0.374. The minimum atomic E-state index is -4.74. The monoisotopic (exact) mass is 286 g/mol. The molecule has 0 spiro atoms. The fourth-order valence-corrected chi connectivity index (χ4v) is 1.82. The van der Waals surface area contributed by atoms with E-state index in [1.807, 2.05) is 0 Å². The van der Waals surface area contributed by atoms with E-state index in [9.17, 15) is 18.3 Å². The van der Waals surface area contributed by atoms with Crippen LogP contribution in [0.2, 0.25) is 0 Å². The van der Waals surface area contributed by atoms with Crippen molar-refractivity contribution in [2.24, 2.45) is 0 Å². The summed E-state index contributed by atoms with van der Waals surface area (Å²) >= 11 is 0. The number of hydrogen-bond acceptors (Lipinski definition) is 3. The van der Waals surface area contributed by atoms with Gasteiger partial charge in [0, 0.05) is 6.42 Å². The van der Waals surface area contributed by atoms with Crippen LogP contribution in [0.4, 0.5) is 13.2 Å². The van der Waals surface area contributed by atoms with E-state index in [4.69, 9.17) is 4.42 Å². The number of aryl methyl sites for hydroxylation is 1. The van der Waals surface area contributed by atoms with Crippen molar-refractivity contribution in [1.82, 2.24) is 0 Å². The molecule has 3 nitrogen and oxygen atoms in total. The second-order valence-electron chi connectivity index (χ2n) is 4.25. The predicted octanol–water partition coefficient (Wildman–Crippen LogP) is 3.84. The Bertz CT molecular complexity index is 535. The highest BCUT2D eigenvalue weighted by Crippen LogP contribution is 2.27. The first-order chi connectivity index (χ1) is 9.44. The number of alkyl halides is 3. The van der Waals surface area contributed by atoms with Crippen LogP contribution < -0.4 is 4.74 Å². The molecule has 0 saturated carbocycles. The molecule has 20 heavy (non-hydrogen) atoms. The van der Waals surface area contributed by atoms with Crippen molar-refractivity contribution in [3.8, 4) is 5.75 Å². The van der Waals surface area contributed by atoms with E-state index in [0.717, 1.165) is 0 Å². The molecule has 1 heterocycles. The zero-order valence-corrected chi connectivity index (χ0v) is 10.4. The number of aliphatic hydroxyl groups excluding tert-OH is 1. The standard InChI is InChI=1S/C14H13F3O3/c15-14(16,17)20-12-4-1-3-10(9-12)13(18)7-6-11-5-2-8-19-11/h1-5,8-9,13,18H,6-7H2. The molecule has 1 atom stereocenters. The topological polar surface area (TPSA) is 42.6 Å². The maximum atomic E-state index is 12.1. The SMILES string of the molecule is OC(CCc1ccco1)c1cccc(OC(F)(F)F)c1. The Morgan fingerprint density at radius 2 is 2.00 bits per heavy atom. The van der Waals surface area contributed by atoms with Gasteiger partial charge in [-0.25, -0.2) is 0 Å². The van der Waals surface area contributed by atoms with E-state index in [0.29, 0.717) is 24.2 Å². The molecular weight excluding hydrogens is 273 g/mol. The first-order valence-corrected chi connectivity index (χ1v) is 6.00. The van der Waals surface area contributed by atoms with Crippen LogP contribution in [0, 0.1) is 0 Å². The highest BCUT2D eigenvalue weighted by Gasteiger charge is 2.31. The average molecular weight is 286 g/mol. The van der Waals surface area contributed by atoms with Gasteiger partial charge in [0.25, 0.3) is 0 Å². The smallest absolute Gasteiger partial charge is 0.469 e. The largest absolute Gasteiger partial charge is 0.573 e. The number of aliphatic hydroxyl groups is 1. The number of rotatable bonds is 5. The quantitative estimate of drug-likeness (QED) is 0.908. The van der Waals surface area contributed by atoms with Crippen LogP contribution in [-0.4, -0.2) is 11.5 Å².